The Morgan fingerprint density at radius 2 is 2.28 bits per heavy atom. The standard InChI is InChI=1S/C11H15ClN4OS/c12-9-2-3-10-14-11(15-16(10)8-9)13-4-7-18-6-1-5-17/h2-3,8,17H,1,4-7H2,(H,13,15). The van der Waals surface area contributed by atoms with Crippen molar-refractivity contribution in [3.05, 3.63) is 23.4 Å². The molecule has 0 amide bonds. The second-order valence-electron chi connectivity index (χ2n) is 3.70. The van der Waals surface area contributed by atoms with Gasteiger partial charge >= 0.3 is 0 Å². The summed E-state index contributed by atoms with van der Waals surface area (Å²) >= 11 is 7.67. The molecule has 5 nitrogen and oxygen atoms in total. The predicted molar refractivity (Wildman–Crippen MR) is 75.5 cm³/mol. The highest BCUT2D eigenvalue weighted by molar-refractivity contribution is 7.99. The van der Waals surface area contributed by atoms with Crippen LogP contribution in [0.4, 0.5) is 5.95 Å². The largest absolute Gasteiger partial charge is 0.396 e. The molecule has 2 heterocycles. The number of nitrogens with one attached hydrogen (secondary N) is 1. The van der Waals surface area contributed by atoms with Crippen molar-refractivity contribution >= 4 is 35.0 Å². The molecule has 0 radical (unpaired) electrons. The molecular weight excluding hydrogens is 272 g/mol. The minimum absolute atomic E-state index is 0.259. The first kappa shape index (κ1) is 13.5. The van der Waals surface area contributed by atoms with Crippen LogP contribution in [-0.4, -0.2) is 44.4 Å². The maximum Gasteiger partial charge on any atom is 0.243 e. The lowest BCUT2D eigenvalue weighted by Gasteiger charge is -2.00. The van der Waals surface area contributed by atoms with E-state index >= 15 is 0 Å². The fraction of sp³-hybridized carbons (Fsp3) is 0.455. The van der Waals surface area contributed by atoms with Crippen molar-refractivity contribution in [3.8, 4) is 0 Å². The fourth-order valence-corrected chi connectivity index (χ4v) is 2.38. The molecule has 0 aromatic carbocycles. The Bertz CT molecular complexity index is 505. The molecule has 2 N–H and O–H groups in total. The van der Waals surface area contributed by atoms with Gasteiger partial charge in [-0.25, -0.2) is 4.52 Å². The van der Waals surface area contributed by atoms with Crippen LogP contribution in [0.2, 0.25) is 5.02 Å². The minimum atomic E-state index is 0.259. The Morgan fingerprint density at radius 1 is 1.39 bits per heavy atom. The number of fused-ring (bicyclic) bond motifs is 1. The van der Waals surface area contributed by atoms with Crippen molar-refractivity contribution in [3.63, 3.8) is 0 Å². The van der Waals surface area contributed by atoms with Gasteiger partial charge in [-0.15, -0.1) is 5.10 Å². The summed E-state index contributed by atoms with van der Waals surface area (Å²) in [5, 5.41) is 16.7. The third-order valence-electron chi connectivity index (χ3n) is 2.27. The highest BCUT2D eigenvalue weighted by atomic mass is 35.5. The summed E-state index contributed by atoms with van der Waals surface area (Å²) < 4.78 is 1.66. The molecule has 2 aromatic rings. The maximum absolute atomic E-state index is 8.64. The van der Waals surface area contributed by atoms with Crippen LogP contribution in [0, 0.1) is 0 Å². The van der Waals surface area contributed by atoms with Gasteiger partial charge in [0.25, 0.3) is 0 Å². The van der Waals surface area contributed by atoms with Crippen LogP contribution in [0.15, 0.2) is 18.3 Å². The second-order valence-corrected chi connectivity index (χ2v) is 5.36. The first-order chi connectivity index (χ1) is 8.79. The number of aromatic nitrogens is 3. The Morgan fingerprint density at radius 3 is 3.11 bits per heavy atom. The molecule has 18 heavy (non-hydrogen) atoms. The molecule has 0 bridgehead atoms. The van der Waals surface area contributed by atoms with Crippen molar-refractivity contribution in [2.75, 3.05) is 30.0 Å². The normalized spacial score (nSPS) is 11.0. The smallest absolute Gasteiger partial charge is 0.243 e. The topological polar surface area (TPSA) is 62.5 Å². The van der Waals surface area contributed by atoms with Crippen LogP contribution in [0.5, 0.6) is 0 Å². The first-order valence-corrected chi connectivity index (χ1v) is 7.27. The van der Waals surface area contributed by atoms with E-state index in [4.69, 9.17) is 16.7 Å². The van der Waals surface area contributed by atoms with Crippen LogP contribution < -0.4 is 5.32 Å². The Hall–Kier alpha value is -0.980. The lowest BCUT2D eigenvalue weighted by atomic mass is 10.5. The molecule has 0 saturated heterocycles. The molecule has 0 unspecified atom stereocenters. The Labute approximate surface area is 115 Å². The number of rotatable bonds is 7. The number of aliphatic hydroxyl groups excluding tert-OH is 1. The molecule has 0 atom stereocenters. The average molecular weight is 287 g/mol. The average Bonchev–Trinajstić information content (AvgIpc) is 2.75. The maximum atomic E-state index is 8.64. The van der Waals surface area contributed by atoms with Crippen LogP contribution in [0.25, 0.3) is 5.65 Å². The van der Waals surface area contributed by atoms with E-state index in [9.17, 15) is 0 Å². The molecule has 98 valence electrons. The van der Waals surface area contributed by atoms with E-state index < -0.39 is 0 Å². The van der Waals surface area contributed by atoms with Crippen LogP contribution in [0.3, 0.4) is 0 Å². The fourth-order valence-electron chi connectivity index (χ4n) is 1.44. The van der Waals surface area contributed by atoms with Crippen molar-refractivity contribution in [2.24, 2.45) is 0 Å². The molecule has 0 aliphatic carbocycles. The molecule has 2 rings (SSSR count). The lowest BCUT2D eigenvalue weighted by Crippen LogP contribution is -2.06. The van der Waals surface area contributed by atoms with E-state index in [2.05, 4.69) is 15.4 Å². The highest BCUT2D eigenvalue weighted by Crippen LogP contribution is 2.11. The minimum Gasteiger partial charge on any atom is -0.396 e. The summed E-state index contributed by atoms with van der Waals surface area (Å²) in [6.07, 6.45) is 2.57. The van der Waals surface area contributed by atoms with Crippen LogP contribution >= 0.6 is 23.4 Å². The molecule has 0 spiro atoms. The Kier molecular flexibility index (Phi) is 5.10. The zero-order chi connectivity index (χ0) is 12.8. The number of anilines is 1. The molecule has 0 saturated carbocycles. The summed E-state index contributed by atoms with van der Waals surface area (Å²) in [7, 11) is 0. The number of halogens is 1. The monoisotopic (exact) mass is 286 g/mol. The van der Waals surface area contributed by atoms with E-state index in [1.807, 2.05) is 6.07 Å². The van der Waals surface area contributed by atoms with E-state index in [-0.39, 0.29) is 6.61 Å². The van der Waals surface area contributed by atoms with Crippen LogP contribution in [0.1, 0.15) is 6.42 Å². The zero-order valence-corrected chi connectivity index (χ0v) is 11.4. The van der Waals surface area contributed by atoms with E-state index in [0.717, 1.165) is 30.1 Å². The van der Waals surface area contributed by atoms with Crippen molar-refractivity contribution in [1.82, 2.24) is 14.6 Å². The van der Waals surface area contributed by atoms with Gasteiger partial charge in [-0.3, -0.25) is 0 Å². The van der Waals surface area contributed by atoms with E-state index in [1.54, 1.807) is 28.5 Å². The SMILES string of the molecule is OCCCSCCNc1nc2ccc(Cl)cn2n1. The lowest BCUT2D eigenvalue weighted by molar-refractivity contribution is 0.296. The van der Waals surface area contributed by atoms with Gasteiger partial charge in [-0.1, -0.05) is 11.6 Å². The van der Waals surface area contributed by atoms with Crippen molar-refractivity contribution in [1.29, 1.82) is 0 Å². The number of nitrogens with zero attached hydrogens (tertiary/aromatic N) is 3. The van der Waals surface area contributed by atoms with Crippen molar-refractivity contribution in [2.45, 2.75) is 6.42 Å². The summed E-state index contributed by atoms with van der Waals surface area (Å²) in [6.45, 7) is 1.07. The number of hydrogen-bond acceptors (Lipinski definition) is 5. The second kappa shape index (κ2) is 6.82. The highest BCUT2D eigenvalue weighted by Gasteiger charge is 2.02. The molecule has 2 aromatic heterocycles. The summed E-state index contributed by atoms with van der Waals surface area (Å²) in [5.41, 5.74) is 0.773. The van der Waals surface area contributed by atoms with Gasteiger partial charge in [-0.2, -0.15) is 16.7 Å². The van der Waals surface area contributed by atoms with E-state index in [0.29, 0.717) is 11.0 Å². The number of aliphatic hydroxyl groups is 1. The third-order valence-corrected chi connectivity index (χ3v) is 3.56. The predicted octanol–water partition coefficient (Wildman–Crippen LogP) is 1.91. The molecule has 7 heteroatoms. The molecule has 0 fully saturated rings. The van der Waals surface area contributed by atoms with Gasteiger partial charge in [0.15, 0.2) is 5.65 Å². The quantitative estimate of drug-likeness (QED) is 0.762. The molecular formula is C11H15ClN4OS. The number of hydrogen-bond donors (Lipinski definition) is 2. The number of pyridine rings is 1. The Balaban J connectivity index is 1.81. The van der Waals surface area contributed by atoms with Gasteiger partial charge in [0.1, 0.15) is 0 Å². The summed E-state index contributed by atoms with van der Waals surface area (Å²) in [4.78, 5) is 4.32. The van der Waals surface area contributed by atoms with Gasteiger partial charge in [0.05, 0.1) is 5.02 Å². The van der Waals surface area contributed by atoms with Gasteiger partial charge in [0, 0.05) is 25.1 Å². The molecule has 0 aliphatic rings. The summed E-state index contributed by atoms with van der Waals surface area (Å²) in [5.74, 6) is 2.56. The molecule has 0 aliphatic heterocycles. The third kappa shape index (κ3) is 3.76. The van der Waals surface area contributed by atoms with E-state index in [1.165, 1.54) is 0 Å². The van der Waals surface area contributed by atoms with Gasteiger partial charge in [-0.05, 0) is 24.3 Å². The van der Waals surface area contributed by atoms with Crippen LogP contribution in [-0.2, 0) is 0 Å². The number of thioether (sulfide) groups is 1. The summed E-state index contributed by atoms with van der Waals surface area (Å²) in [6, 6.07) is 3.62. The van der Waals surface area contributed by atoms with Gasteiger partial charge < -0.3 is 10.4 Å². The zero-order valence-electron chi connectivity index (χ0n) is 9.84. The van der Waals surface area contributed by atoms with Crippen molar-refractivity contribution < 1.29 is 5.11 Å². The van der Waals surface area contributed by atoms with Gasteiger partial charge in [0.2, 0.25) is 5.95 Å². The first-order valence-electron chi connectivity index (χ1n) is 5.74.